The molecule has 0 unspecified atom stereocenters. The van der Waals surface area contributed by atoms with Crippen LogP contribution >= 0.6 is 11.6 Å². The molecule has 0 saturated carbocycles. The minimum absolute atomic E-state index is 0.186. The van der Waals surface area contributed by atoms with E-state index in [1.807, 2.05) is 68.1 Å². The number of hydrogen-bond donors (Lipinski definition) is 2. The number of likely N-dealkylation sites (N-methyl/N-ethyl adjacent to an activating group) is 2. The van der Waals surface area contributed by atoms with Crippen LogP contribution in [0.4, 0.5) is 17.3 Å². The number of anilines is 3. The fourth-order valence-electron chi connectivity index (χ4n) is 4.15. The summed E-state index contributed by atoms with van der Waals surface area (Å²) in [6.07, 6.45) is 3.39. The van der Waals surface area contributed by atoms with Gasteiger partial charge < -0.3 is 30.2 Å². The van der Waals surface area contributed by atoms with E-state index in [1.54, 1.807) is 13.2 Å². The Labute approximate surface area is 226 Å². The third-order valence-electron chi connectivity index (χ3n) is 6.24. The molecule has 3 N–H and O–H groups in total. The average molecular weight is 535 g/mol. The van der Waals surface area contributed by atoms with Crippen molar-refractivity contribution in [3.05, 3.63) is 60.0 Å². The molecule has 1 amide bonds. The van der Waals surface area contributed by atoms with Gasteiger partial charge in [-0.05, 0) is 38.4 Å². The Bertz CT molecular complexity index is 1510. The van der Waals surface area contributed by atoms with E-state index in [2.05, 4.69) is 31.7 Å². The van der Waals surface area contributed by atoms with Crippen LogP contribution in [-0.2, 0) is 11.8 Å². The lowest BCUT2D eigenvalue weighted by atomic mass is 10.0. The number of halogens is 1. The molecule has 10 nitrogen and oxygen atoms in total. The number of aryl methyl sites for hydroxylation is 1. The number of nitrogens with two attached hydrogens (primary N) is 1. The number of nitrogens with one attached hydrogen (secondary N) is 1. The number of ether oxygens (including phenoxy) is 1. The normalized spacial score (nSPS) is 11.1. The fraction of sp³-hybridized carbons (Fsp3) is 0.259. The monoisotopic (exact) mass is 534 g/mol. The second-order valence-corrected chi connectivity index (χ2v) is 9.65. The third-order valence-corrected chi connectivity index (χ3v) is 6.48. The van der Waals surface area contributed by atoms with E-state index < -0.39 is 5.91 Å². The highest BCUT2D eigenvalue weighted by molar-refractivity contribution is 6.31. The maximum atomic E-state index is 12.1. The van der Waals surface area contributed by atoms with Gasteiger partial charge in [0, 0.05) is 77.8 Å². The van der Waals surface area contributed by atoms with E-state index in [1.165, 1.54) is 6.33 Å². The number of amides is 1. The number of hydrogen-bond acceptors (Lipinski definition) is 8. The standard InChI is InChI=1S/C27H31ClN8O2/c1-16(25(29)37)18-12-21(24(38-6)13-23(18)35(4)10-9-34(2)3)32-27-31-15-30-26(33-27)20-14-36(5)22-8-7-17(28)11-19(20)22/h7-8,11-15H,1,9-10H2,2-6H3,(H2,29,37)(H,30,31,32,33). The van der Waals surface area contributed by atoms with E-state index in [-0.39, 0.29) is 5.57 Å². The lowest BCUT2D eigenvalue weighted by Gasteiger charge is -2.26. The first-order valence-corrected chi connectivity index (χ1v) is 12.2. The van der Waals surface area contributed by atoms with E-state index in [0.717, 1.165) is 28.7 Å². The Hall–Kier alpha value is -4.15. The maximum absolute atomic E-state index is 12.1. The minimum Gasteiger partial charge on any atom is -0.494 e. The van der Waals surface area contributed by atoms with Crippen LogP contribution in [0.15, 0.2) is 49.4 Å². The molecule has 4 rings (SSSR count). The van der Waals surface area contributed by atoms with Crippen molar-refractivity contribution in [2.75, 3.05) is 51.6 Å². The lowest BCUT2D eigenvalue weighted by Crippen LogP contribution is -2.29. The maximum Gasteiger partial charge on any atom is 0.248 e. The van der Waals surface area contributed by atoms with Gasteiger partial charge in [-0.25, -0.2) is 9.97 Å². The van der Waals surface area contributed by atoms with E-state index >= 15 is 0 Å². The zero-order chi connectivity index (χ0) is 27.6. The van der Waals surface area contributed by atoms with E-state index in [4.69, 9.17) is 22.1 Å². The van der Waals surface area contributed by atoms with Gasteiger partial charge in [0.05, 0.1) is 12.8 Å². The number of methoxy groups -OCH3 is 1. The molecule has 2 aromatic heterocycles. The molecule has 38 heavy (non-hydrogen) atoms. The summed E-state index contributed by atoms with van der Waals surface area (Å²) in [5.74, 6) is 0.713. The number of carbonyl (C=O) groups excluding carboxylic acids is 1. The summed E-state index contributed by atoms with van der Waals surface area (Å²) in [5.41, 5.74) is 9.52. The van der Waals surface area contributed by atoms with Crippen LogP contribution in [0.2, 0.25) is 5.02 Å². The first-order chi connectivity index (χ1) is 18.1. The molecule has 0 atom stereocenters. The molecule has 0 fully saturated rings. The highest BCUT2D eigenvalue weighted by Crippen LogP contribution is 2.38. The second-order valence-electron chi connectivity index (χ2n) is 9.21. The van der Waals surface area contributed by atoms with Gasteiger partial charge in [0.1, 0.15) is 12.1 Å². The van der Waals surface area contributed by atoms with Gasteiger partial charge in [-0.15, -0.1) is 0 Å². The summed E-state index contributed by atoms with van der Waals surface area (Å²) < 4.78 is 7.68. The molecule has 0 aliphatic heterocycles. The van der Waals surface area contributed by atoms with Crippen molar-refractivity contribution in [2.24, 2.45) is 12.8 Å². The van der Waals surface area contributed by atoms with Gasteiger partial charge in [0.25, 0.3) is 0 Å². The number of nitrogens with zero attached hydrogens (tertiary/aromatic N) is 6. The van der Waals surface area contributed by atoms with Crippen LogP contribution in [0, 0.1) is 0 Å². The molecule has 0 aliphatic rings. The number of rotatable bonds is 10. The molecule has 11 heteroatoms. The van der Waals surface area contributed by atoms with Crippen molar-refractivity contribution in [1.82, 2.24) is 24.4 Å². The number of benzene rings is 2. The van der Waals surface area contributed by atoms with Crippen LogP contribution in [0.5, 0.6) is 5.75 Å². The van der Waals surface area contributed by atoms with Crippen LogP contribution in [0.3, 0.4) is 0 Å². The van der Waals surface area contributed by atoms with Crippen LogP contribution in [0.25, 0.3) is 27.9 Å². The summed E-state index contributed by atoms with van der Waals surface area (Å²) >= 11 is 6.26. The number of aromatic nitrogens is 4. The summed E-state index contributed by atoms with van der Waals surface area (Å²) in [6, 6.07) is 9.31. The highest BCUT2D eigenvalue weighted by atomic mass is 35.5. The molecule has 0 bridgehead atoms. The van der Waals surface area contributed by atoms with Gasteiger partial charge >= 0.3 is 0 Å². The zero-order valence-corrected chi connectivity index (χ0v) is 22.9. The molecular formula is C27H31ClN8O2. The molecule has 2 aromatic carbocycles. The number of fused-ring (bicyclic) bond motifs is 1. The van der Waals surface area contributed by atoms with Gasteiger partial charge in [-0.3, -0.25) is 4.79 Å². The first-order valence-electron chi connectivity index (χ1n) is 11.9. The Morgan fingerprint density at radius 2 is 1.95 bits per heavy atom. The van der Waals surface area contributed by atoms with E-state index in [9.17, 15) is 4.79 Å². The summed E-state index contributed by atoms with van der Waals surface area (Å²) in [4.78, 5) is 29.6. The van der Waals surface area contributed by atoms with E-state index in [0.29, 0.717) is 40.3 Å². The Morgan fingerprint density at radius 1 is 1.18 bits per heavy atom. The first kappa shape index (κ1) is 26.9. The van der Waals surface area contributed by atoms with Crippen molar-refractivity contribution >= 4 is 51.3 Å². The quantitative estimate of drug-likeness (QED) is 0.294. The Balaban J connectivity index is 1.75. The van der Waals surface area contributed by atoms with Crippen molar-refractivity contribution in [3.8, 4) is 17.1 Å². The second kappa shape index (κ2) is 11.1. The molecular weight excluding hydrogens is 504 g/mol. The molecule has 0 aliphatic carbocycles. The highest BCUT2D eigenvalue weighted by Gasteiger charge is 2.20. The fourth-order valence-corrected chi connectivity index (χ4v) is 4.32. The predicted molar refractivity (Wildman–Crippen MR) is 153 cm³/mol. The zero-order valence-electron chi connectivity index (χ0n) is 22.1. The van der Waals surface area contributed by atoms with Crippen LogP contribution < -0.4 is 20.7 Å². The molecule has 0 saturated heterocycles. The van der Waals surface area contributed by atoms with Gasteiger partial charge in [0.15, 0.2) is 5.82 Å². The largest absolute Gasteiger partial charge is 0.494 e. The molecule has 2 heterocycles. The van der Waals surface area contributed by atoms with Gasteiger partial charge in [-0.2, -0.15) is 4.98 Å². The average Bonchev–Trinajstić information content (AvgIpc) is 3.21. The summed E-state index contributed by atoms with van der Waals surface area (Å²) in [6.45, 7) is 5.45. The third kappa shape index (κ3) is 5.56. The van der Waals surface area contributed by atoms with Crippen molar-refractivity contribution in [1.29, 1.82) is 0 Å². The lowest BCUT2D eigenvalue weighted by molar-refractivity contribution is -0.112. The molecule has 0 radical (unpaired) electrons. The SMILES string of the molecule is C=C(C(N)=O)c1cc(Nc2ncnc(-c3cn(C)c4ccc(Cl)cc34)n2)c(OC)cc1N(C)CCN(C)C. The predicted octanol–water partition coefficient (Wildman–Crippen LogP) is 3.93. The van der Waals surface area contributed by atoms with Crippen LogP contribution in [0.1, 0.15) is 5.56 Å². The molecule has 4 aromatic rings. The topological polar surface area (TPSA) is 114 Å². The van der Waals surface area contributed by atoms with Crippen molar-refractivity contribution < 1.29 is 9.53 Å². The van der Waals surface area contributed by atoms with Crippen molar-refractivity contribution in [2.45, 2.75) is 0 Å². The van der Waals surface area contributed by atoms with Gasteiger partial charge in [-0.1, -0.05) is 18.2 Å². The van der Waals surface area contributed by atoms with Crippen LogP contribution in [-0.4, -0.2) is 71.7 Å². The Kier molecular flexibility index (Phi) is 7.84. The van der Waals surface area contributed by atoms with Crippen molar-refractivity contribution in [3.63, 3.8) is 0 Å². The molecule has 198 valence electrons. The Morgan fingerprint density at radius 3 is 2.63 bits per heavy atom. The molecule has 0 spiro atoms. The summed E-state index contributed by atoms with van der Waals surface area (Å²) in [7, 11) is 9.47. The summed E-state index contributed by atoms with van der Waals surface area (Å²) in [5, 5.41) is 4.77. The number of primary amides is 1. The smallest absolute Gasteiger partial charge is 0.248 e. The number of carbonyl (C=O) groups is 1. The minimum atomic E-state index is -0.611. The van der Waals surface area contributed by atoms with Gasteiger partial charge in [0.2, 0.25) is 11.9 Å².